The summed E-state index contributed by atoms with van der Waals surface area (Å²) in [7, 11) is 0. The third-order valence-corrected chi connectivity index (χ3v) is 4.09. The SMILES string of the molecule is CC(=O)Nc1cccc(NC(=O)c2cc(NCCc3ccc(F)cc3)ccn2)c1. The number of benzene rings is 2. The first-order valence-electron chi connectivity index (χ1n) is 9.13. The van der Waals surface area contributed by atoms with Crippen LogP contribution in [0, 0.1) is 5.82 Å². The molecule has 3 aromatic rings. The molecular formula is C22H21FN4O2. The van der Waals surface area contributed by atoms with E-state index in [0.717, 1.165) is 17.7 Å². The van der Waals surface area contributed by atoms with Gasteiger partial charge in [0.1, 0.15) is 11.5 Å². The van der Waals surface area contributed by atoms with Gasteiger partial charge in [0.25, 0.3) is 5.91 Å². The summed E-state index contributed by atoms with van der Waals surface area (Å²) in [5.41, 5.74) is 3.20. The molecule has 0 saturated heterocycles. The Morgan fingerprint density at radius 3 is 2.38 bits per heavy atom. The van der Waals surface area contributed by atoms with E-state index in [0.29, 0.717) is 17.9 Å². The van der Waals surface area contributed by atoms with Gasteiger partial charge >= 0.3 is 0 Å². The molecule has 7 heteroatoms. The Kier molecular flexibility index (Phi) is 6.52. The molecule has 1 heterocycles. The molecule has 0 fully saturated rings. The van der Waals surface area contributed by atoms with E-state index < -0.39 is 0 Å². The van der Waals surface area contributed by atoms with Crippen molar-refractivity contribution in [2.75, 3.05) is 22.5 Å². The third-order valence-electron chi connectivity index (χ3n) is 4.09. The lowest BCUT2D eigenvalue weighted by Crippen LogP contribution is -2.15. The van der Waals surface area contributed by atoms with Gasteiger partial charge in [0.2, 0.25) is 5.91 Å². The van der Waals surface area contributed by atoms with Crippen LogP contribution in [0.15, 0.2) is 66.9 Å². The van der Waals surface area contributed by atoms with E-state index in [4.69, 9.17) is 0 Å². The smallest absolute Gasteiger partial charge is 0.274 e. The summed E-state index contributed by atoms with van der Waals surface area (Å²) in [5.74, 6) is -0.796. The van der Waals surface area contributed by atoms with E-state index in [1.165, 1.54) is 19.1 Å². The maximum absolute atomic E-state index is 12.9. The quantitative estimate of drug-likeness (QED) is 0.566. The molecule has 6 nitrogen and oxygen atoms in total. The predicted octanol–water partition coefficient (Wildman–Crippen LogP) is 4.09. The molecule has 0 saturated carbocycles. The van der Waals surface area contributed by atoms with E-state index in [2.05, 4.69) is 20.9 Å². The Balaban J connectivity index is 1.59. The van der Waals surface area contributed by atoms with Crippen molar-refractivity contribution in [2.45, 2.75) is 13.3 Å². The fourth-order valence-electron chi connectivity index (χ4n) is 2.74. The normalized spacial score (nSPS) is 10.3. The Morgan fingerprint density at radius 2 is 1.66 bits per heavy atom. The summed E-state index contributed by atoms with van der Waals surface area (Å²) in [6.07, 6.45) is 2.28. The van der Waals surface area contributed by atoms with Crippen LogP contribution in [0.25, 0.3) is 0 Å². The topological polar surface area (TPSA) is 83.1 Å². The van der Waals surface area contributed by atoms with Gasteiger partial charge in [-0.3, -0.25) is 14.6 Å². The highest BCUT2D eigenvalue weighted by Gasteiger charge is 2.09. The van der Waals surface area contributed by atoms with Gasteiger partial charge in [-0.1, -0.05) is 18.2 Å². The number of carbonyl (C=O) groups excluding carboxylic acids is 2. The predicted molar refractivity (Wildman–Crippen MR) is 112 cm³/mol. The van der Waals surface area contributed by atoms with Crippen LogP contribution >= 0.6 is 0 Å². The van der Waals surface area contributed by atoms with Gasteiger partial charge in [0.15, 0.2) is 0 Å². The van der Waals surface area contributed by atoms with Crippen molar-refractivity contribution in [2.24, 2.45) is 0 Å². The number of anilines is 3. The summed E-state index contributed by atoms with van der Waals surface area (Å²) in [4.78, 5) is 27.8. The Labute approximate surface area is 168 Å². The summed E-state index contributed by atoms with van der Waals surface area (Å²) in [6.45, 7) is 2.05. The van der Waals surface area contributed by atoms with Crippen molar-refractivity contribution in [3.8, 4) is 0 Å². The Bertz CT molecular complexity index is 1010. The second kappa shape index (κ2) is 9.45. The van der Waals surface area contributed by atoms with E-state index in [-0.39, 0.29) is 23.3 Å². The highest BCUT2D eigenvalue weighted by atomic mass is 19.1. The van der Waals surface area contributed by atoms with E-state index in [9.17, 15) is 14.0 Å². The lowest BCUT2D eigenvalue weighted by Gasteiger charge is -2.10. The van der Waals surface area contributed by atoms with Crippen LogP contribution in [0.3, 0.4) is 0 Å². The van der Waals surface area contributed by atoms with Crippen molar-refractivity contribution in [3.63, 3.8) is 0 Å². The Hall–Kier alpha value is -3.74. The minimum atomic E-state index is -0.354. The highest BCUT2D eigenvalue weighted by Crippen LogP contribution is 2.17. The average Bonchev–Trinajstić information content (AvgIpc) is 2.69. The summed E-state index contributed by atoms with van der Waals surface area (Å²) >= 11 is 0. The van der Waals surface area contributed by atoms with Crippen molar-refractivity contribution >= 4 is 28.9 Å². The van der Waals surface area contributed by atoms with Crippen LogP contribution in [0.1, 0.15) is 23.0 Å². The van der Waals surface area contributed by atoms with Crippen LogP contribution in [-0.2, 0) is 11.2 Å². The fourth-order valence-corrected chi connectivity index (χ4v) is 2.74. The van der Waals surface area contributed by atoms with Crippen LogP contribution in [0.4, 0.5) is 21.5 Å². The molecule has 3 N–H and O–H groups in total. The summed E-state index contributed by atoms with van der Waals surface area (Å²) in [5, 5.41) is 8.68. The molecule has 1 aromatic heterocycles. The first-order chi connectivity index (χ1) is 14.0. The zero-order valence-corrected chi connectivity index (χ0v) is 15.9. The number of aromatic nitrogens is 1. The molecule has 0 spiro atoms. The van der Waals surface area contributed by atoms with E-state index >= 15 is 0 Å². The van der Waals surface area contributed by atoms with Gasteiger partial charge < -0.3 is 16.0 Å². The number of hydrogen-bond donors (Lipinski definition) is 3. The van der Waals surface area contributed by atoms with Crippen LogP contribution in [0.2, 0.25) is 0 Å². The molecule has 0 atom stereocenters. The first-order valence-corrected chi connectivity index (χ1v) is 9.13. The molecule has 0 aliphatic carbocycles. The van der Waals surface area contributed by atoms with Gasteiger partial charge in [-0.15, -0.1) is 0 Å². The number of nitrogens with zero attached hydrogens (tertiary/aromatic N) is 1. The third kappa shape index (κ3) is 6.14. The zero-order chi connectivity index (χ0) is 20.6. The van der Waals surface area contributed by atoms with Crippen molar-refractivity contribution < 1.29 is 14.0 Å². The van der Waals surface area contributed by atoms with E-state index in [1.54, 1.807) is 54.7 Å². The molecule has 0 aliphatic rings. The fraction of sp³-hybridized carbons (Fsp3) is 0.136. The molecule has 29 heavy (non-hydrogen) atoms. The van der Waals surface area contributed by atoms with Gasteiger partial charge in [0.05, 0.1) is 0 Å². The van der Waals surface area contributed by atoms with Crippen LogP contribution < -0.4 is 16.0 Å². The number of amides is 2. The second-order valence-electron chi connectivity index (χ2n) is 6.45. The van der Waals surface area contributed by atoms with Crippen molar-refractivity contribution in [3.05, 3.63) is 83.9 Å². The first kappa shape index (κ1) is 20.0. The lowest BCUT2D eigenvalue weighted by atomic mass is 10.1. The van der Waals surface area contributed by atoms with Crippen LogP contribution in [-0.4, -0.2) is 23.3 Å². The largest absolute Gasteiger partial charge is 0.385 e. The number of hydrogen-bond acceptors (Lipinski definition) is 4. The number of halogens is 1. The minimum absolute atomic E-state index is 0.186. The van der Waals surface area contributed by atoms with Gasteiger partial charge in [-0.25, -0.2) is 4.39 Å². The van der Waals surface area contributed by atoms with Gasteiger partial charge in [-0.2, -0.15) is 0 Å². The number of nitrogens with one attached hydrogen (secondary N) is 3. The molecule has 0 radical (unpaired) electrons. The lowest BCUT2D eigenvalue weighted by molar-refractivity contribution is -0.114. The van der Waals surface area contributed by atoms with Crippen molar-refractivity contribution in [1.29, 1.82) is 0 Å². The highest BCUT2D eigenvalue weighted by molar-refractivity contribution is 6.03. The van der Waals surface area contributed by atoms with E-state index in [1.807, 2.05) is 0 Å². The molecule has 0 unspecified atom stereocenters. The standard InChI is InChI=1S/C22H21FN4O2/c1-15(28)26-19-3-2-4-20(13-19)27-22(29)21-14-18(10-12-25-21)24-11-9-16-5-7-17(23)8-6-16/h2-8,10,12-14H,9,11H2,1H3,(H,24,25)(H,26,28)(H,27,29). The Morgan fingerprint density at radius 1 is 0.931 bits per heavy atom. The number of rotatable bonds is 7. The van der Waals surface area contributed by atoms with Crippen LogP contribution in [0.5, 0.6) is 0 Å². The molecule has 0 aliphatic heterocycles. The monoisotopic (exact) mass is 392 g/mol. The molecular weight excluding hydrogens is 371 g/mol. The molecule has 148 valence electrons. The summed E-state index contributed by atoms with van der Waals surface area (Å²) < 4.78 is 12.9. The molecule has 2 aromatic carbocycles. The van der Waals surface area contributed by atoms with Gasteiger partial charge in [0, 0.05) is 36.7 Å². The number of carbonyl (C=O) groups is 2. The molecule has 0 bridgehead atoms. The maximum Gasteiger partial charge on any atom is 0.274 e. The average molecular weight is 392 g/mol. The number of pyridine rings is 1. The zero-order valence-electron chi connectivity index (χ0n) is 15.9. The second-order valence-corrected chi connectivity index (χ2v) is 6.45. The van der Waals surface area contributed by atoms with Gasteiger partial charge in [-0.05, 0) is 54.4 Å². The molecule has 2 amide bonds. The molecule has 3 rings (SSSR count). The van der Waals surface area contributed by atoms with Crippen molar-refractivity contribution in [1.82, 2.24) is 4.98 Å². The maximum atomic E-state index is 12.9. The minimum Gasteiger partial charge on any atom is -0.385 e. The summed E-state index contributed by atoms with van der Waals surface area (Å²) in [6, 6.07) is 16.7.